The molecule has 2 rings (SSSR count). The number of anilines is 1. The Kier molecular flexibility index (Phi) is 3.85. The molecule has 1 saturated carbocycles. The van der Waals surface area contributed by atoms with Gasteiger partial charge in [0.25, 0.3) is 0 Å². The van der Waals surface area contributed by atoms with Crippen molar-refractivity contribution in [2.75, 3.05) is 19.4 Å². The number of methoxy groups -OCH3 is 1. The molecule has 0 spiro atoms. The lowest BCUT2D eigenvalue weighted by atomic mass is 9.80. The van der Waals surface area contributed by atoms with Gasteiger partial charge >= 0.3 is 0 Å². The Morgan fingerprint density at radius 1 is 1.42 bits per heavy atom. The molecule has 1 aromatic carbocycles. The van der Waals surface area contributed by atoms with Crippen LogP contribution in [-0.2, 0) is 14.8 Å². The third kappa shape index (κ3) is 2.91. The molecule has 0 aromatic heterocycles. The van der Waals surface area contributed by atoms with Crippen LogP contribution in [-0.4, -0.2) is 27.7 Å². The SMILES string of the molecule is COC1(CNS(=O)(=O)c2ccc(N)cc2C)CCC1. The Bertz CT molecular complexity index is 560. The summed E-state index contributed by atoms with van der Waals surface area (Å²) in [7, 11) is -1.89. The Morgan fingerprint density at radius 3 is 2.58 bits per heavy atom. The second-order valence-electron chi connectivity index (χ2n) is 5.09. The van der Waals surface area contributed by atoms with Gasteiger partial charge in [-0.05, 0) is 49.9 Å². The Labute approximate surface area is 114 Å². The lowest BCUT2D eigenvalue weighted by Gasteiger charge is -2.40. The van der Waals surface area contributed by atoms with Crippen LogP contribution in [0, 0.1) is 6.92 Å². The molecular weight excluding hydrogens is 264 g/mol. The van der Waals surface area contributed by atoms with Crippen LogP contribution in [0.3, 0.4) is 0 Å². The van der Waals surface area contributed by atoms with E-state index in [0.717, 1.165) is 19.3 Å². The minimum Gasteiger partial charge on any atom is -0.399 e. The molecule has 19 heavy (non-hydrogen) atoms. The van der Waals surface area contributed by atoms with Crippen LogP contribution in [0.5, 0.6) is 0 Å². The number of ether oxygens (including phenoxy) is 1. The largest absolute Gasteiger partial charge is 0.399 e. The minimum atomic E-state index is -3.51. The van der Waals surface area contributed by atoms with Gasteiger partial charge in [0.05, 0.1) is 10.5 Å². The monoisotopic (exact) mass is 284 g/mol. The van der Waals surface area contributed by atoms with E-state index in [-0.39, 0.29) is 10.5 Å². The van der Waals surface area contributed by atoms with E-state index in [1.807, 2.05) is 0 Å². The molecule has 1 aromatic rings. The van der Waals surface area contributed by atoms with Gasteiger partial charge in [0.1, 0.15) is 0 Å². The lowest BCUT2D eigenvalue weighted by molar-refractivity contribution is -0.0659. The highest BCUT2D eigenvalue weighted by Crippen LogP contribution is 2.34. The number of hydrogen-bond donors (Lipinski definition) is 2. The molecule has 1 aliphatic carbocycles. The Balaban J connectivity index is 2.14. The average molecular weight is 284 g/mol. The molecular formula is C13H20N2O3S. The highest BCUT2D eigenvalue weighted by atomic mass is 32.2. The standard InChI is InChI=1S/C13H20N2O3S/c1-10-8-11(14)4-5-12(10)19(16,17)15-9-13(18-2)6-3-7-13/h4-5,8,15H,3,6-7,9,14H2,1-2H3. The summed E-state index contributed by atoms with van der Waals surface area (Å²) in [6, 6.07) is 4.79. The lowest BCUT2D eigenvalue weighted by Crippen LogP contribution is -2.49. The van der Waals surface area contributed by atoms with Crippen LogP contribution in [0.4, 0.5) is 5.69 Å². The predicted octanol–water partition coefficient (Wildman–Crippen LogP) is 1.42. The van der Waals surface area contributed by atoms with E-state index >= 15 is 0 Å². The molecule has 5 nitrogen and oxygen atoms in total. The predicted molar refractivity (Wildman–Crippen MR) is 74.4 cm³/mol. The van der Waals surface area contributed by atoms with Crippen molar-refractivity contribution in [3.05, 3.63) is 23.8 Å². The number of nitrogen functional groups attached to an aromatic ring is 1. The van der Waals surface area contributed by atoms with Gasteiger partial charge in [-0.25, -0.2) is 13.1 Å². The topological polar surface area (TPSA) is 81.4 Å². The number of nitrogens with two attached hydrogens (primary N) is 1. The summed E-state index contributed by atoms with van der Waals surface area (Å²) < 4.78 is 32.6. The van der Waals surface area contributed by atoms with E-state index in [2.05, 4.69) is 4.72 Å². The van der Waals surface area contributed by atoms with E-state index in [9.17, 15) is 8.42 Å². The summed E-state index contributed by atoms with van der Waals surface area (Å²) in [6.07, 6.45) is 2.87. The summed E-state index contributed by atoms with van der Waals surface area (Å²) in [5.74, 6) is 0. The first-order valence-corrected chi connectivity index (χ1v) is 7.78. The number of rotatable bonds is 5. The molecule has 0 radical (unpaired) electrons. The molecule has 0 atom stereocenters. The van der Waals surface area contributed by atoms with Crippen LogP contribution in [0.15, 0.2) is 23.1 Å². The summed E-state index contributed by atoms with van der Waals surface area (Å²) in [4.78, 5) is 0.271. The van der Waals surface area contributed by atoms with Crippen molar-refractivity contribution in [3.63, 3.8) is 0 Å². The highest BCUT2D eigenvalue weighted by Gasteiger charge is 2.38. The van der Waals surface area contributed by atoms with Crippen LogP contribution in [0.25, 0.3) is 0 Å². The van der Waals surface area contributed by atoms with Gasteiger partial charge < -0.3 is 10.5 Å². The normalized spacial score (nSPS) is 18.0. The molecule has 0 aliphatic heterocycles. The van der Waals surface area contributed by atoms with Crippen molar-refractivity contribution in [1.29, 1.82) is 0 Å². The molecule has 0 heterocycles. The second kappa shape index (κ2) is 5.11. The van der Waals surface area contributed by atoms with Crippen LogP contribution >= 0.6 is 0 Å². The maximum absolute atomic E-state index is 12.3. The zero-order valence-corrected chi connectivity index (χ0v) is 12.1. The summed E-state index contributed by atoms with van der Waals surface area (Å²) in [6.45, 7) is 2.05. The van der Waals surface area contributed by atoms with Crippen molar-refractivity contribution >= 4 is 15.7 Å². The van der Waals surface area contributed by atoms with Crippen molar-refractivity contribution < 1.29 is 13.2 Å². The molecule has 0 amide bonds. The van der Waals surface area contributed by atoms with Gasteiger partial charge in [0, 0.05) is 19.3 Å². The summed E-state index contributed by atoms with van der Waals surface area (Å²) in [5, 5.41) is 0. The van der Waals surface area contributed by atoms with Crippen molar-refractivity contribution in [1.82, 2.24) is 4.72 Å². The van der Waals surface area contributed by atoms with E-state index in [1.54, 1.807) is 26.2 Å². The zero-order chi connectivity index (χ0) is 14.1. The summed E-state index contributed by atoms with van der Waals surface area (Å²) >= 11 is 0. The molecule has 1 aliphatic rings. The first-order valence-electron chi connectivity index (χ1n) is 6.29. The van der Waals surface area contributed by atoms with Gasteiger partial charge in [0.2, 0.25) is 10.0 Å². The van der Waals surface area contributed by atoms with Crippen LogP contribution in [0.2, 0.25) is 0 Å². The van der Waals surface area contributed by atoms with Crippen LogP contribution < -0.4 is 10.5 Å². The fourth-order valence-electron chi connectivity index (χ4n) is 2.30. The molecule has 1 fully saturated rings. The quantitative estimate of drug-likeness (QED) is 0.801. The Hall–Kier alpha value is -1.11. The average Bonchev–Trinajstić information content (AvgIpc) is 2.27. The third-order valence-electron chi connectivity index (χ3n) is 3.77. The number of benzene rings is 1. The van der Waals surface area contributed by atoms with Gasteiger partial charge in [0.15, 0.2) is 0 Å². The third-order valence-corrected chi connectivity index (χ3v) is 5.33. The van der Waals surface area contributed by atoms with Gasteiger partial charge in [-0.15, -0.1) is 0 Å². The zero-order valence-electron chi connectivity index (χ0n) is 11.3. The number of sulfonamides is 1. The molecule has 6 heteroatoms. The van der Waals surface area contributed by atoms with Crippen molar-refractivity contribution in [3.8, 4) is 0 Å². The maximum Gasteiger partial charge on any atom is 0.240 e. The molecule has 106 valence electrons. The number of aryl methyl sites for hydroxylation is 1. The summed E-state index contributed by atoms with van der Waals surface area (Å²) in [5.41, 5.74) is 6.51. The highest BCUT2D eigenvalue weighted by molar-refractivity contribution is 7.89. The van der Waals surface area contributed by atoms with E-state index < -0.39 is 10.0 Å². The van der Waals surface area contributed by atoms with Gasteiger partial charge in [-0.2, -0.15) is 0 Å². The fraction of sp³-hybridized carbons (Fsp3) is 0.538. The first-order chi connectivity index (χ1) is 8.88. The number of hydrogen-bond acceptors (Lipinski definition) is 4. The fourth-order valence-corrected chi connectivity index (χ4v) is 3.64. The minimum absolute atomic E-state index is 0.271. The molecule has 0 bridgehead atoms. The molecule has 0 unspecified atom stereocenters. The first kappa shape index (κ1) is 14.3. The second-order valence-corrected chi connectivity index (χ2v) is 6.83. The molecule has 3 N–H and O–H groups in total. The Morgan fingerprint density at radius 2 is 2.11 bits per heavy atom. The van der Waals surface area contributed by atoms with E-state index in [4.69, 9.17) is 10.5 Å². The van der Waals surface area contributed by atoms with Gasteiger partial charge in [-0.1, -0.05) is 0 Å². The number of nitrogens with one attached hydrogen (secondary N) is 1. The van der Waals surface area contributed by atoms with Crippen molar-refractivity contribution in [2.24, 2.45) is 0 Å². The van der Waals surface area contributed by atoms with Crippen LogP contribution in [0.1, 0.15) is 24.8 Å². The van der Waals surface area contributed by atoms with E-state index in [1.165, 1.54) is 6.07 Å². The molecule has 0 saturated heterocycles. The van der Waals surface area contributed by atoms with E-state index in [0.29, 0.717) is 17.8 Å². The smallest absolute Gasteiger partial charge is 0.240 e. The maximum atomic E-state index is 12.3. The van der Waals surface area contributed by atoms with Gasteiger partial charge in [-0.3, -0.25) is 0 Å². The van der Waals surface area contributed by atoms with Crippen molar-refractivity contribution in [2.45, 2.75) is 36.7 Å².